The molecule has 0 saturated carbocycles. The standard InChI is InChI=1S/C14H15N3O2/c1-19-12-6-4-10(5-7-12)14(18)17-13-11(9-15)3-2-8-16-13/h2-8H,9,15H2,1H3,(H,16,17,18). The highest BCUT2D eigenvalue weighted by Crippen LogP contribution is 2.14. The monoisotopic (exact) mass is 257 g/mol. The summed E-state index contributed by atoms with van der Waals surface area (Å²) in [5, 5.41) is 2.74. The third-order valence-corrected chi connectivity index (χ3v) is 2.70. The summed E-state index contributed by atoms with van der Waals surface area (Å²) in [4.78, 5) is 16.2. The molecule has 0 aliphatic rings. The van der Waals surface area contributed by atoms with Gasteiger partial charge in [-0.2, -0.15) is 0 Å². The van der Waals surface area contributed by atoms with Crippen LogP contribution in [0.5, 0.6) is 5.75 Å². The highest BCUT2D eigenvalue weighted by molar-refractivity contribution is 6.04. The van der Waals surface area contributed by atoms with E-state index in [1.54, 1.807) is 43.6 Å². The molecule has 1 heterocycles. The van der Waals surface area contributed by atoms with Crippen molar-refractivity contribution >= 4 is 11.7 Å². The maximum Gasteiger partial charge on any atom is 0.256 e. The second-order valence-electron chi connectivity index (χ2n) is 3.90. The molecule has 5 heteroatoms. The number of carbonyl (C=O) groups excluding carboxylic acids is 1. The lowest BCUT2D eigenvalue weighted by atomic mass is 10.2. The van der Waals surface area contributed by atoms with Crippen molar-refractivity contribution in [2.24, 2.45) is 5.73 Å². The van der Waals surface area contributed by atoms with Crippen LogP contribution in [-0.4, -0.2) is 18.0 Å². The Bertz CT molecular complexity index is 567. The average Bonchev–Trinajstić information content (AvgIpc) is 2.48. The highest BCUT2D eigenvalue weighted by atomic mass is 16.5. The Hall–Kier alpha value is -2.40. The summed E-state index contributed by atoms with van der Waals surface area (Å²) >= 11 is 0. The predicted molar refractivity (Wildman–Crippen MR) is 73.1 cm³/mol. The number of aromatic nitrogens is 1. The molecule has 0 aliphatic carbocycles. The van der Waals surface area contributed by atoms with E-state index in [0.29, 0.717) is 23.7 Å². The highest BCUT2D eigenvalue weighted by Gasteiger charge is 2.09. The Morgan fingerprint density at radius 2 is 2.05 bits per heavy atom. The predicted octanol–water partition coefficient (Wildman–Crippen LogP) is 1.80. The van der Waals surface area contributed by atoms with Crippen LogP contribution in [0, 0.1) is 0 Å². The Morgan fingerprint density at radius 3 is 2.68 bits per heavy atom. The van der Waals surface area contributed by atoms with Crippen molar-refractivity contribution in [3.8, 4) is 5.75 Å². The first-order valence-corrected chi connectivity index (χ1v) is 5.84. The number of methoxy groups -OCH3 is 1. The Kier molecular flexibility index (Phi) is 4.10. The minimum absolute atomic E-state index is 0.226. The van der Waals surface area contributed by atoms with E-state index in [4.69, 9.17) is 10.5 Å². The second kappa shape index (κ2) is 5.97. The molecule has 98 valence electrons. The Balaban J connectivity index is 2.16. The van der Waals surface area contributed by atoms with E-state index in [-0.39, 0.29) is 5.91 Å². The zero-order chi connectivity index (χ0) is 13.7. The number of hydrogen-bond acceptors (Lipinski definition) is 4. The zero-order valence-corrected chi connectivity index (χ0v) is 10.6. The molecule has 1 aromatic carbocycles. The van der Waals surface area contributed by atoms with Gasteiger partial charge in [-0.15, -0.1) is 0 Å². The van der Waals surface area contributed by atoms with Gasteiger partial charge in [-0.3, -0.25) is 4.79 Å². The first-order valence-electron chi connectivity index (χ1n) is 5.84. The number of rotatable bonds is 4. The molecule has 0 atom stereocenters. The number of benzene rings is 1. The molecule has 0 fully saturated rings. The van der Waals surface area contributed by atoms with Crippen LogP contribution in [0.15, 0.2) is 42.6 Å². The third kappa shape index (κ3) is 3.08. The first-order chi connectivity index (χ1) is 9.24. The molecule has 3 N–H and O–H groups in total. The molecule has 2 aromatic rings. The van der Waals surface area contributed by atoms with E-state index in [0.717, 1.165) is 5.56 Å². The van der Waals surface area contributed by atoms with Crippen molar-refractivity contribution in [2.75, 3.05) is 12.4 Å². The summed E-state index contributed by atoms with van der Waals surface area (Å²) in [6.07, 6.45) is 1.61. The fourth-order valence-corrected chi connectivity index (χ4v) is 1.64. The largest absolute Gasteiger partial charge is 0.497 e. The summed E-state index contributed by atoms with van der Waals surface area (Å²) in [5.41, 5.74) is 6.93. The van der Waals surface area contributed by atoms with Crippen molar-refractivity contribution in [3.05, 3.63) is 53.7 Å². The maximum atomic E-state index is 12.0. The lowest BCUT2D eigenvalue weighted by molar-refractivity contribution is 0.102. The first kappa shape index (κ1) is 13.0. The molecule has 1 amide bonds. The summed E-state index contributed by atoms with van der Waals surface area (Å²) < 4.78 is 5.04. The summed E-state index contributed by atoms with van der Waals surface area (Å²) in [6, 6.07) is 10.5. The van der Waals surface area contributed by atoms with E-state index < -0.39 is 0 Å². The topological polar surface area (TPSA) is 77.2 Å². The molecule has 5 nitrogen and oxygen atoms in total. The van der Waals surface area contributed by atoms with Crippen molar-refractivity contribution in [1.82, 2.24) is 4.98 Å². The van der Waals surface area contributed by atoms with Crippen LogP contribution in [0.3, 0.4) is 0 Å². The van der Waals surface area contributed by atoms with Crippen LogP contribution in [-0.2, 0) is 6.54 Å². The van der Waals surface area contributed by atoms with Crippen LogP contribution < -0.4 is 15.8 Å². The van der Waals surface area contributed by atoms with Crippen molar-refractivity contribution in [3.63, 3.8) is 0 Å². The Morgan fingerprint density at radius 1 is 1.32 bits per heavy atom. The quantitative estimate of drug-likeness (QED) is 0.875. The van der Waals surface area contributed by atoms with Gasteiger partial charge >= 0.3 is 0 Å². The van der Waals surface area contributed by atoms with E-state index in [1.807, 2.05) is 6.07 Å². The fraction of sp³-hybridized carbons (Fsp3) is 0.143. The minimum Gasteiger partial charge on any atom is -0.497 e. The molecule has 0 bridgehead atoms. The van der Waals surface area contributed by atoms with Gasteiger partial charge in [-0.1, -0.05) is 6.07 Å². The number of ether oxygens (including phenoxy) is 1. The molecule has 0 saturated heterocycles. The Labute approximate surface area is 111 Å². The van der Waals surface area contributed by atoms with Crippen LogP contribution >= 0.6 is 0 Å². The molecule has 2 rings (SSSR count). The summed E-state index contributed by atoms with van der Waals surface area (Å²) in [7, 11) is 1.58. The summed E-state index contributed by atoms with van der Waals surface area (Å²) in [5.74, 6) is 0.971. The van der Waals surface area contributed by atoms with E-state index in [1.165, 1.54) is 0 Å². The number of anilines is 1. The normalized spacial score (nSPS) is 10.0. The van der Waals surface area contributed by atoms with Crippen molar-refractivity contribution in [2.45, 2.75) is 6.54 Å². The lowest BCUT2D eigenvalue weighted by Crippen LogP contribution is -2.15. The van der Waals surface area contributed by atoms with Crippen molar-refractivity contribution in [1.29, 1.82) is 0 Å². The van der Waals surface area contributed by atoms with Gasteiger partial charge in [0.15, 0.2) is 0 Å². The second-order valence-corrected chi connectivity index (χ2v) is 3.90. The molecule has 0 spiro atoms. The SMILES string of the molecule is COc1ccc(C(=O)Nc2ncccc2CN)cc1. The molecule has 1 aromatic heterocycles. The van der Waals surface area contributed by atoms with Gasteiger partial charge < -0.3 is 15.8 Å². The van der Waals surface area contributed by atoms with Crippen molar-refractivity contribution < 1.29 is 9.53 Å². The number of nitrogens with one attached hydrogen (secondary N) is 1. The number of nitrogens with zero attached hydrogens (tertiary/aromatic N) is 1. The molecule has 19 heavy (non-hydrogen) atoms. The van der Waals surface area contributed by atoms with E-state index in [9.17, 15) is 4.79 Å². The lowest BCUT2D eigenvalue weighted by Gasteiger charge is -2.08. The van der Waals surface area contributed by atoms with Gasteiger partial charge in [-0.25, -0.2) is 4.98 Å². The fourth-order valence-electron chi connectivity index (χ4n) is 1.64. The van der Waals surface area contributed by atoms with Gasteiger partial charge in [0.05, 0.1) is 7.11 Å². The zero-order valence-electron chi connectivity index (χ0n) is 10.6. The van der Waals surface area contributed by atoms with Gasteiger partial charge in [-0.05, 0) is 30.3 Å². The number of amides is 1. The number of nitrogens with two attached hydrogens (primary N) is 1. The smallest absolute Gasteiger partial charge is 0.256 e. The van der Waals surface area contributed by atoms with Gasteiger partial charge in [0.1, 0.15) is 11.6 Å². The van der Waals surface area contributed by atoms with Crippen LogP contribution in [0.1, 0.15) is 15.9 Å². The molecular formula is C14H15N3O2. The van der Waals surface area contributed by atoms with E-state index in [2.05, 4.69) is 10.3 Å². The number of carbonyl (C=O) groups is 1. The average molecular weight is 257 g/mol. The minimum atomic E-state index is -0.226. The molecular weight excluding hydrogens is 242 g/mol. The van der Waals surface area contributed by atoms with Gasteiger partial charge in [0, 0.05) is 23.9 Å². The van der Waals surface area contributed by atoms with E-state index >= 15 is 0 Å². The molecule has 0 aliphatic heterocycles. The number of hydrogen-bond donors (Lipinski definition) is 2. The number of pyridine rings is 1. The molecule has 0 radical (unpaired) electrons. The van der Waals surface area contributed by atoms with Crippen LogP contribution in [0.2, 0.25) is 0 Å². The third-order valence-electron chi connectivity index (χ3n) is 2.70. The molecule has 0 unspecified atom stereocenters. The summed E-state index contributed by atoms with van der Waals surface area (Å²) in [6.45, 7) is 0.325. The van der Waals surface area contributed by atoms with Crippen LogP contribution in [0.25, 0.3) is 0 Å². The van der Waals surface area contributed by atoms with Crippen LogP contribution in [0.4, 0.5) is 5.82 Å². The maximum absolute atomic E-state index is 12.0. The van der Waals surface area contributed by atoms with Gasteiger partial charge in [0.2, 0.25) is 0 Å². The van der Waals surface area contributed by atoms with Gasteiger partial charge in [0.25, 0.3) is 5.91 Å².